The zero-order valence-electron chi connectivity index (χ0n) is 11.0. The number of aliphatic hydroxyl groups excluding tert-OH is 1. The lowest BCUT2D eigenvalue weighted by atomic mass is 10.2. The Labute approximate surface area is 113 Å². The second-order valence-corrected chi connectivity index (χ2v) is 5.81. The van der Waals surface area contributed by atoms with E-state index in [0.717, 1.165) is 45.8 Å². The molecule has 1 atom stereocenters. The van der Waals surface area contributed by atoms with Crippen LogP contribution in [0.3, 0.4) is 0 Å². The van der Waals surface area contributed by atoms with Crippen LogP contribution in [0.1, 0.15) is 5.56 Å². The predicted octanol–water partition coefficient (Wildman–Crippen LogP) is 0.446. The highest BCUT2D eigenvalue weighted by Crippen LogP contribution is 2.08. The number of rotatable bonds is 6. The van der Waals surface area contributed by atoms with Gasteiger partial charge in [0.2, 0.25) is 0 Å². The van der Waals surface area contributed by atoms with Crippen molar-refractivity contribution in [2.45, 2.75) is 12.6 Å². The van der Waals surface area contributed by atoms with Crippen molar-refractivity contribution in [2.75, 3.05) is 46.3 Å². The van der Waals surface area contributed by atoms with Gasteiger partial charge in [-0.3, -0.25) is 9.80 Å². The minimum atomic E-state index is -0.258. The van der Waals surface area contributed by atoms with Gasteiger partial charge in [0, 0.05) is 45.8 Å². The SMILES string of the molecule is CN(Cc1ccsc1)CC(O)CN1CCNCC1. The summed E-state index contributed by atoms with van der Waals surface area (Å²) in [5, 5.41) is 17.7. The van der Waals surface area contributed by atoms with Crippen LogP contribution in [0.2, 0.25) is 0 Å². The summed E-state index contributed by atoms with van der Waals surface area (Å²) in [5.74, 6) is 0. The van der Waals surface area contributed by atoms with Crippen LogP contribution in [-0.4, -0.2) is 67.3 Å². The van der Waals surface area contributed by atoms with Crippen LogP contribution < -0.4 is 5.32 Å². The number of hydrogen-bond donors (Lipinski definition) is 2. The Morgan fingerprint density at radius 3 is 2.94 bits per heavy atom. The molecule has 1 saturated heterocycles. The molecule has 0 spiro atoms. The van der Waals surface area contributed by atoms with Crippen LogP contribution in [-0.2, 0) is 6.54 Å². The lowest BCUT2D eigenvalue weighted by molar-refractivity contribution is 0.0752. The number of nitrogens with one attached hydrogen (secondary N) is 1. The van der Waals surface area contributed by atoms with Crippen LogP contribution >= 0.6 is 11.3 Å². The third-order valence-corrected chi connectivity index (χ3v) is 3.97. The summed E-state index contributed by atoms with van der Waals surface area (Å²) >= 11 is 1.72. The highest BCUT2D eigenvalue weighted by molar-refractivity contribution is 7.07. The molecule has 2 rings (SSSR count). The molecule has 1 unspecified atom stereocenters. The Hall–Kier alpha value is -0.460. The molecule has 0 aliphatic carbocycles. The van der Waals surface area contributed by atoms with Crippen molar-refractivity contribution in [3.63, 3.8) is 0 Å². The molecule has 2 heterocycles. The van der Waals surface area contributed by atoms with Gasteiger partial charge in [-0.25, -0.2) is 0 Å². The molecule has 1 aliphatic rings. The van der Waals surface area contributed by atoms with Crippen molar-refractivity contribution in [3.8, 4) is 0 Å². The smallest absolute Gasteiger partial charge is 0.0793 e. The molecule has 1 fully saturated rings. The maximum absolute atomic E-state index is 10.1. The fourth-order valence-electron chi connectivity index (χ4n) is 2.37. The zero-order chi connectivity index (χ0) is 12.8. The van der Waals surface area contributed by atoms with E-state index in [2.05, 4.69) is 39.0 Å². The van der Waals surface area contributed by atoms with E-state index in [4.69, 9.17) is 0 Å². The number of thiophene rings is 1. The molecule has 102 valence electrons. The van der Waals surface area contributed by atoms with E-state index in [9.17, 15) is 5.11 Å². The minimum absolute atomic E-state index is 0.258. The average Bonchev–Trinajstić information content (AvgIpc) is 2.82. The van der Waals surface area contributed by atoms with Crippen LogP contribution in [0.25, 0.3) is 0 Å². The van der Waals surface area contributed by atoms with Crippen molar-refractivity contribution >= 4 is 11.3 Å². The van der Waals surface area contributed by atoms with Gasteiger partial charge in [0.05, 0.1) is 6.10 Å². The molecule has 0 aromatic carbocycles. The van der Waals surface area contributed by atoms with E-state index in [1.165, 1.54) is 5.56 Å². The largest absolute Gasteiger partial charge is 0.390 e. The Balaban J connectivity index is 1.67. The number of nitrogens with zero attached hydrogens (tertiary/aromatic N) is 2. The van der Waals surface area contributed by atoms with Crippen molar-refractivity contribution in [3.05, 3.63) is 22.4 Å². The summed E-state index contributed by atoms with van der Waals surface area (Å²) in [6.45, 7) is 6.61. The number of hydrogen-bond acceptors (Lipinski definition) is 5. The standard InChI is InChI=1S/C13H23N3OS/c1-15(8-12-2-7-18-11-12)9-13(17)10-16-5-3-14-4-6-16/h2,7,11,13-14,17H,3-6,8-10H2,1H3. The first kappa shape index (κ1) is 14.0. The van der Waals surface area contributed by atoms with Gasteiger partial charge in [-0.1, -0.05) is 0 Å². The second kappa shape index (κ2) is 7.21. The zero-order valence-corrected chi connectivity index (χ0v) is 11.8. The molecule has 0 amide bonds. The molecule has 1 aromatic rings. The molecule has 0 bridgehead atoms. The van der Waals surface area contributed by atoms with Crippen molar-refractivity contribution in [1.29, 1.82) is 0 Å². The highest BCUT2D eigenvalue weighted by Gasteiger charge is 2.15. The number of aliphatic hydroxyl groups is 1. The Morgan fingerprint density at radius 1 is 1.50 bits per heavy atom. The van der Waals surface area contributed by atoms with Crippen molar-refractivity contribution in [2.24, 2.45) is 0 Å². The third kappa shape index (κ3) is 4.66. The molecular formula is C13H23N3OS. The predicted molar refractivity (Wildman–Crippen MR) is 76.0 cm³/mol. The Kier molecular flexibility index (Phi) is 5.59. The molecule has 4 nitrogen and oxygen atoms in total. The van der Waals surface area contributed by atoms with Crippen LogP contribution in [0.5, 0.6) is 0 Å². The summed E-state index contributed by atoms with van der Waals surface area (Å²) in [7, 11) is 2.07. The quantitative estimate of drug-likeness (QED) is 0.786. The topological polar surface area (TPSA) is 38.7 Å². The Morgan fingerprint density at radius 2 is 2.28 bits per heavy atom. The van der Waals surface area contributed by atoms with Gasteiger partial charge in [0.25, 0.3) is 0 Å². The van der Waals surface area contributed by atoms with E-state index < -0.39 is 0 Å². The van der Waals surface area contributed by atoms with Gasteiger partial charge in [0.15, 0.2) is 0 Å². The summed E-state index contributed by atoms with van der Waals surface area (Å²) in [4.78, 5) is 4.52. The first-order valence-corrected chi connectivity index (χ1v) is 7.49. The van der Waals surface area contributed by atoms with Crippen molar-refractivity contribution in [1.82, 2.24) is 15.1 Å². The van der Waals surface area contributed by atoms with Gasteiger partial charge >= 0.3 is 0 Å². The normalized spacial score (nSPS) is 19.3. The fourth-order valence-corrected chi connectivity index (χ4v) is 3.03. The minimum Gasteiger partial charge on any atom is -0.390 e. The van der Waals surface area contributed by atoms with Gasteiger partial charge in [-0.15, -0.1) is 0 Å². The van der Waals surface area contributed by atoms with E-state index >= 15 is 0 Å². The monoisotopic (exact) mass is 269 g/mol. The lowest BCUT2D eigenvalue weighted by Gasteiger charge is -2.30. The van der Waals surface area contributed by atoms with E-state index in [1.807, 2.05) is 0 Å². The maximum atomic E-state index is 10.1. The lowest BCUT2D eigenvalue weighted by Crippen LogP contribution is -2.47. The van der Waals surface area contributed by atoms with Gasteiger partial charge in [-0.2, -0.15) is 11.3 Å². The van der Waals surface area contributed by atoms with Gasteiger partial charge in [0.1, 0.15) is 0 Å². The van der Waals surface area contributed by atoms with E-state index in [0.29, 0.717) is 0 Å². The number of likely N-dealkylation sites (N-methyl/N-ethyl adjacent to an activating group) is 1. The van der Waals surface area contributed by atoms with Gasteiger partial charge < -0.3 is 10.4 Å². The summed E-state index contributed by atoms with van der Waals surface area (Å²) in [6, 6.07) is 2.14. The molecule has 0 radical (unpaired) electrons. The Bertz CT molecular complexity index is 325. The maximum Gasteiger partial charge on any atom is 0.0793 e. The molecule has 2 N–H and O–H groups in total. The summed E-state index contributed by atoms with van der Waals surface area (Å²) < 4.78 is 0. The van der Waals surface area contributed by atoms with Gasteiger partial charge in [-0.05, 0) is 29.4 Å². The van der Waals surface area contributed by atoms with E-state index in [1.54, 1.807) is 11.3 Å². The molecule has 18 heavy (non-hydrogen) atoms. The number of piperazine rings is 1. The first-order valence-electron chi connectivity index (χ1n) is 6.55. The van der Waals surface area contributed by atoms with E-state index in [-0.39, 0.29) is 6.10 Å². The second-order valence-electron chi connectivity index (χ2n) is 5.03. The molecule has 1 aliphatic heterocycles. The molecular weight excluding hydrogens is 246 g/mol. The third-order valence-electron chi connectivity index (χ3n) is 3.23. The number of β-amino-alcohol motifs (C(OH)–C–C–N with tert-alkyl or cyclic N) is 1. The van der Waals surface area contributed by atoms with Crippen LogP contribution in [0.15, 0.2) is 16.8 Å². The summed E-state index contributed by atoms with van der Waals surface area (Å²) in [5.41, 5.74) is 1.33. The molecule has 1 aromatic heterocycles. The summed E-state index contributed by atoms with van der Waals surface area (Å²) in [6.07, 6.45) is -0.258. The average molecular weight is 269 g/mol. The van der Waals surface area contributed by atoms with Crippen molar-refractivity contribution < 1.29 is 5.11 Å². The fraction of sp³-hybridized carbons (Fsp3) is 0.692. The molecule has 5 heteroatoms. The first-order chi connectivity index (χ1) is 8.74. The van der Waals surface area contributed by atoms with Crippen LogP contribution in [0, 0.1) is 0 Å². The van der Waals surface area contributed by atoms with Crippen LogP contribution in [0.4, 0.5) is 0 Å². The highest BCUT2D eigenvalue weighted by atomic mass is 32.1. The molecule has 0 saturated carbocycles.